The van der Waals surface area contributed by atoms with Gasteiger partial charge in [0.25, 0.3) is 0 Å². The number of carbonyl (C=O) groups is 2. The van der Waals surface area contributed by atoms with Gasteiger partial charge < -0.3 is 9.47 Å². The highest BCUT2D eigenvalue weighted by atomic mass is 19.1. The van der Waals surface area contributed by atoms with Crippen LogP contribution in [0.3, 0.4) is 0 Å². The summed E-state index contributed by atoms with van der Waals surface area (Å²) in [5.41, 5.74) is -2.55. The number of esters is 1. The molecular formula is C25H20F3NO4. The molecule has 1 atom stereocenters. The average Bonchev–Trinajstić information content (AvgIpc) is 3.07. The second kappa shape index (κ2) is 8.97. The van der Waals surface area contributed by atoms with Crippen molar-refractivity contribution >= 4 is 12.1 Å². The van der Waals surface area contributed by atoms with Gasteiger partial charge in [0.2, 0.25) is 0 Å². The van der Waals surface area contributed by atoms with Gasteiger partial charge in [0.05, 0.1) is 6.61 Å². The van der Waals surface area contributed by atoms with E-state index in [1.54, 1.807) is 6.92 Å². The molecule has 3 aromatic carbocycles. The molecule has 0 aliphatic carbocycles. The summed E-state index contributed by atoms with van der Waals surface area (Å²) in [6, 6.07) is 14.9. The maximum absolute atomic E-state index is 15.2. The Kier molecular flexibility index (Phi) is 6.09. The smallest absolute Gasteiger partial charge is 0.412 e. The molecule has 1 aliphatic rings. The van der Waals surface area contributed by atoms with Crippen LogP contribution in [0.25, 0.3) is 0 Å². The lowest BCUT2D eigenvalue weighted by Gasteiger charge is -2.36. The second-order valence-electron chi connectivity index (χ2n) is 7.42. The van der Waals surface area contributed by atoms with E-state index in [-0.39, 0.29) is 23.3 Å². The molecule has 1 fully saturated rings. The van der Waals surface area contributed by atoms with Crippen LogP contribution in [0, 0.1) is 17.5 Å². The Bertz CT molecular complexity index is 1150. The Hall–Kier alpha value is -3.81. The number of ether oxygens (including phenoxy) is 2. The van der Waals surface area contributed by atoms with Crippen LogP contribution in [0.1, 0.15) is 29.7 Å². The summed E-state index contributed by atoms with van der Waals surface area (Å²) in [7, 11) is 0. The molecule has 5 nitrogen and oxygen atoms in total. The van der Waals surface area contributed by atoms with Crippen LogP contribution in [-0.4, -0.2) is 30.1 Å². The predicted octanol–water partition coefficient (Wildman–Crippen LogP) is 5.10. The molecule has 170 valence electrons. The van der Waals surface area contributed by atoms with Gasteiger partial charge in [-0.1, -0.05) is 54.6 Å². The lowest BCUT2D eigenvalue weighted by atomic mass is 9.76. The topological polar surface area (TPSA) is 55.8 Å². The molecule has 4 rings (SSSR count). The monoisotopic (exact) mass is 455 g/mol. The fourth-order valence-corrected chi connectivity index (χ4v) is 4.24. The Morgan fingerprint density at radius 1 is 0.909 bits per heavy atom. The predicted molar refractivity (Wildman–Crippen MR) is 113 cm³/mol. The number of rotatable bonds is 6. The number of cyclic esters (lactones) is 1. The lowest BCUT2D eigenvalue weighted by molar-refractivity contribution is -0.144. The highest BCUT2D eigenvalue weighted by Crippen LogP contribution is 2.53. The van der Waals surface area contributed by atoms with Crippen molar-refractivity contribution in [3.05, 3.63) is 107 Å². The summed E-state index contributed by atoms with van der Waals surface area (Å²) in [6.07, 6.45) is -1.04. The highest BCUT2D eigenvalue weighted by molar-refractivity contribution is 5.81. The van der Waals surface area contributed by atoms with Crippen molar-refractivity contribution < 1.29 is 32.2 Å². The normalized spacial score (nSPS) is 17.0. The maximum atomic E-state index is 15.2. The van der Waals surface area contributed by atoms with Crippen LogP contribution >= 0.6 is 0 Å². The van der Waals surface area contributed by atoms with Crippen molar-refractivity contribution in [3.63, 3.8) is 0 Å². The van der Waals surface area contributed by atoms with Crippen molar-refractivity contribution in [2.45, 2.75) is 18.6 Å². The Balaban J connectivity index is 2.04. The van der Waals surface area contributed by atoms with Crippen LogP contribution in [0.2, 0.25) is 0 Å². The van der Waals surface area contributed by atoms with Crippen LogP contribution in [0.15, 0.2) is 72.8 Å². The zero-order valence-corrected chi connectivity index (χ0v) is 17.6. The van der Waals surface area contributed by atoms with E-state index in [4.69, 9.17) is 9.47 Å². The molecule has 1 saturated heterocycles. The average molecular weight is 455 g/mol. The third-order valence-corrected chi connectivity index (χ3v) is 5.53. The van der Waals surface area contributed by atoms with Gasteiger partial charge in [-0.05, 0) is 25.1 Å². The molecule has 33 heavy (non-hydrogen) atoms. The van der Waals surface area contributed by atoms with E-state index in [2.05, 4.69) is 0 Å². The number of hydrogen-bond donors (Lipinski definition) is 0. The minimum absolute atomic E-state index is 0.0534. The molecule has 0 saturated carbocycles. The van der Waals surface area contributed by atoms with Crippen molar-refractivity contribution in [1.29, 1.82) is 0 Å². The molecule has 1 unspecified atom stereocenters. The molecule has 0 spiro atoms. The van der Waals surface area contributed by atoms with Crippen molar-refractivity contribution in [2.75, 3.05) is 13.2 Å². The van der Waals surface area contributed by atoms with Gasteiger partial charge in [0, 0.05) is 16.7 Å². The molecular weight excluding hydrogens is 435 g/mol. The molecule has 3 aromatic rings. The molecule has 1 aliphatic heterocycles. The summed E-state index contributed by atoms with van der Waals surface area (Å²) in [6.45, 7) is 1.05. The Morgan fingerprint density at radius 2 is 1.42 bits per heavy atom. The van der Waals surface area contributed by atoms with Gasteiger partial charge in [-0.25, -0.2) is 18.0 Å². The molecule has 8 heteroatoms. The van der Waals surface area contributed by atoms with E-state index in [0.717, 1.165) is 23.1 Å². The molecule has 0 bridgehead atoms. The number of carbonyl (C=O) groups excluding carboxylic acids is 2. The first-order valence-electron chi connectivity index (χ1n) is 10.3. The minimum atomic E-state index is -2.12. The van der Waals surface area contributed by atoms with E-state index in [0.29, 0.717) is 0 Å². The number of hydrogen-bond acceptors (Lipinski definition) is 4. The lowest BCUT2D eigenvalue weighted by Crippen LogP contribution is -2.41. The molecule has 1 amide bonds. The molecule has 0 aromatic heterocycles. The Morgan fingerprint density at radius 3 is 1.94 bits per heavy atom. The summed E-state index contributed by atoms with van der Waals surface area (Å²) >= 11 is 0. The first-order chi connectivity index (χ1) is 15.9. The molecule has 1 heterocycles. The van der Waals surface area contributed by atoms with Crippen LogP contribution in [0.4, 0.5) is 18.0 Å². The third-order valence-electron chi connectivity index (χ3n) is 5.53. The quantitative estimate of drug-likeness (QED) is 0.485. The van der Waals surface area contributed by atoms with Gasteiger partial charge in [-0.3, -0.25) is 9.69 Å². The van der Waals surface area contributed by atoms with Crippen LogP contribution in [0.5, 0.6) is 0 Å². The van der Waals surface area contributed by atoms with Crippen molar-refractivity contribution in [3.8, 4) is 0 Å². The number of halogens is 3. The summed E-state index contributed by atoms with van der Waals surface area (Å²) in [4.78, 5) is 26.4. The van der Waals surface area contributed by atoms with E-state index in [9.17, 15) is 9.59 Å². The number of nitrogens with zero attached hydrogens (tertiary/aromatic N) is 1. The summed E-state index contributed by atoms with van der Waals surface area (Å²) in [5.74, 6) is -3.07. The first-order valence-corrected chi connectivity index (χ1v) is 10.3. The largest absolute Gasteiger partial charge is 0.465 e. The molecule has 0 N–H and O–H groups in total. The van der Waals surface area contributed by atoms with E-state index >= 15 is 13.2 Å². The minimum Gasteiger partial charge on any atom is -0.465 e. The van der Waals surface area contributed by atoms with Crippen LogP contribution < -0.4 is 0 Å². The fraction of sp³-hybridized carbons (Fsp3) is 0.200. The zero-order valence-electron chi connectivity index (χ0n) is 17.6. The van der Waals surface area contributed by atoms with E-state index in [1.807, 2.05) is 0 Å². The fourth-order valence-electron chi connectivity index (χ4n) is 4.24. The van der Waals surface area contributed by atoms with Crippen molar-refractivity contribution in [1.82, 2.24) is 4.90 Å². The van der Waals surface area contributed by atoms with Gasteiger partial charge in [0.1, 0.15) is 30.0 Å². The third kappa shape index (κ3) is 3.82. The van der Waals surface area contributed by atoms with E-state index < -0.39 is 47.7 Å². The number of benzene rings is 3. The Labute approximate surface area is 188 Å². The second-order valence-corrected chi connectivity index (χ2v) is 7.42. The standard InChI is InChI=1S/C25H20F3NO4/c1-2-32-22(30)15-29-23(16-9-3-6-12-19(16)26)25(33-24(29)31,17-10-4-7-13-20(17)27)18-11-5-8-14-21(18)28/h3-14,23H,2,15H2,1H3. The highest BCUT2D eigenvalue weighted by Gasteiger charge is 2.60. The van der Waals surface area contributed by atoms with E-state index in [1.165, 1.54) is 54.6 Å². The van der Waals surface area contributed by atoms with Gasteiger partial charge in [0.15, 0.2) is 5.60 Å². The van der Waals surface area contributed by atoms with Crippen molar-refractivity contribution in [2.24, 2.45) is 0 Å². The van der Waals surface area contributed by atoms with Gasteiger partial charge in [-0.15, -0.1) is 0 Å². The molecule has 0 radical (unpaired) electrons. The zero-order chi connectivity index (χ0) is 23.6. The first kappa shape index (κ1) is 22.4. The summed E-state index contributed by atoms with van der Waals surface area (Å²) < 4.78 is 56.2. The maximum Gasteiger partial charge on any atom is 0.412 e. The van der Waals surface area contributed by atoms with Gasteiger partial charge in [-0.2, -0.15) is 0 Å². The van der Waals surface area contributed by atoms with Crippen LogP contribution in [-0.2, 0) is 19.9 Å². The summed E-state index contributed by atoms with van der Waals surface area (Å²) in [5, 5.41) is 0. The number of amides is 1. The SMILES string of the molecule is CCOC(=O)CN1C(=O)OC(c2ccccc2F)(c2ccccc2F)C1c1ccccc1F. The van der Waals surface area contributed by atoms with Gasteiger partial charge >= 0.3 is 12.1 Å².